The summed E-state index contributed by atoms with van der Waals surface area (Å²) in [7, 11) is 0. The number of hydrogen-bond donors (Lipinski definition) is 2. The molecule has 124 valence electrons. The molecular weight excluding hydrogens is 278 g/mol. The molecule has 2 amide bonds. The summed E-state index contributed by atoms with van der Waals surface area (Å²) < 4.78 is 0. The molecule has 22 heavy (non-hydrogen) atoms. The average molecular weight is 308 g/mol. The zero-order valence-corrected chi connectivity index (χ0v) is 13.6. The minimum Gasteiger partial charge on any atom is -0.356 e. The van der Waals surface area contributed by atoms with Gasteiger partial charge in [-0.05, 0) is 12.8 Å². The molecule has 0 aromatic carbocycles. The van der Waals surface area contributed by atoms with Gasteiger partial charge in [-0.25, -0.2) is 0 Å². The maximum Gasteiger partial charge on any atom is 0.225 e. The monoisotopic (exact) mass is 308 g/mol. The Morgan fingerprint density at radius 1 is 1.18 bits per heavy atom. The summed E-state index contributed by atoms with van der Waals surface area (Å²) in [6.07, 6.45) is 8.87. The third-order valence-corrected chi connectivity index (χ3v) is 5.61. The highest BCUT2D eigenvalue weighted by atomic mass is 16.2. The molecule has 1 unspecified atom stereocenters. The van der Waals surface area contributed by atoms with Crippen LogP contribution >= 0.6 is 0 Å². The second-order valence-corrected chi connectivity index (χ2v) is 7.24. The number of carbonyl (C=O) groups excluding carboxylic acids is 2. The number of nitrogens with one attached hydrogen (secondary N) is 2. The van der Waals surface area contributed by atoms with Crippen molar-refractivity contribution in [3.05, 3.63) is 0 Å². The van der Waals surface area contributed by atoms with Gasteiger partial charge in [0.2, 0.25) is 11.8 Å². The van der Waals surface area contributed by atoms with E-state index < -0.39 is 0 Å². The lowest BCUT2D eigenvalue weighted by molar-refractivity contribution is -0.887. The van der Waals surface area contributed by atoms with Gasteiger partial charge in [0.15, 0.2) is 0 Å². The van der Waals surface area contributed by atoms with Crippen molar-refractivity contribution in [2.45, 2.75) is 57.4 Å². The Balaban J connectivity index is 1.36. The normalized spacial score (nSPS) is 27.0. The van der Waals surface area contributed by atoms with E-state index in [1.807, 2.05) is 4.90 Å². The van der Waals surface area contributed by atoms with Crippen LogP contribution in [0, 0.1) is 5.92 Å². The molecule has 2 N–H and O–H groups in total. The topological polar surface area (TPSA) is 53.9 Å². The molecule has 3 fully saturated rings. The zero-order chi connectivity index (χ0) is 15.4. The molecular formula is C17H30N3O2+. The highest BCUT2D eigenvalue weighted by molar-refractivity contribution is 5.89. The summed E-state index contributed by atoms with van der Waals surface area (Å²) in [6.45, 7) is 5.16. The summed E-state index contributed by atoms with van der Waals surface area (Å²) in [4.78, 5) is 28.0. The van der Waals surface area contributed by atoms with Crippen LogP contribution < -0.4 is 10.2 Å². The molecule has 0 aromatic heterocycles. The van der Waals surface area contributed by atoms with E-state index in [2.05, 4.69) is 5.32 Å². The van der Waals surface area contributed by atoms with Crippen molar-refractivity contribution in [1.29, 1.82) is 0 Å². The van der Waals surface area contributed by atoms with Gasteiger partial charge in [0.05, 0.1) is 25.6 Å². The molecule has 0 bridgehead atoms. The summed E-state index contributed by atoms with van der Waals surface area (Å²) in [6, 6.07) is 0.407. The predicted octanol–water partition coefficient (Wildman–Crippen LogP) is -0.0375. The van der Waals surface area contributed by atoms with Gasteiger partial charge in [-0.1, -0.05) is 12.8 Å². The van der Waals surface area contributed by atoms with Gasteiger partial charge < -0.3 is 15.1 Å². The average Bonchev–Trinajstić information content (AvgIpc) is 3.24. The number of likely N-dealkylation sites (tertiary alicyclic amines) is 2. The molecule has 2 aliphatic heterocycles. The van der Waals surface area contributed by atoms with Crippen molar-refractivity contribution in [3.63, 3.8) is 0 Å². The van der Waals surface area contributed by atoms with Gasteiger partial charge in [-0.15, -0.1) is 0 Å². The van der Waals surface area contributed by atoms with Gasteiger partial charge in [-0.2, -0.15) is 0 Å². The van der Waals surface area contributed by atoms with E-state index in [1.165, 1.54) is 38.8 Å². The van der Waals surface area contributed by atoms with Crippen LogP contribution in [0.3, 0.4) is 0 Å². The van der Waals surface area contributed by atoms with Gasteiger partial charge in [0, 0.05) is 44.8 Å². The molecule has 3 aliphatic rings. The smallest absolute Gasteiger partial charge is 0.225 e. The third-order valence-electron chi connectivity index (χ3n) is 5.61. The van der Waals surface area contributed by atoms with Crippen LogP contribution in [-0.4, -0.2) is 55.5 Å². The lowest BCUT2D eigenvalue weighted by Crippen LogP contribution is -3.10. The van der Waals surface area contributed by atoms with Crippen molar-refractivity contribution in [2.75, 3.05) is 32.7 Å². The van der Waals surface area contributed by atoms with Crippen LogP contribution in [0.5, 0.6) is 0 Å². The van der Waals surface area contributed by atoms with E-state index in [0.29, 0.717) is 19.0 Å². The quantitative estimate of drug-likeness (QED) is 0.677. The van der Waals surface area contributed by atoms with Gasteiger partial charge >= 0.3 is 0 Å². The zero-order valence-electron chi connectivity index (χ0n) is 13.6. The largest absolute Gasteiger partial charge is 0.356 e. The fraction of sp³-hybridized carbons (Fsp3) is 0.882. The van der Waals surface area contributed by atoms with E-state index in [9.17, 15) is 9.59 Å². The van der Waals surface area contributed by atoms with E-state index in [4.69, 9.17) is 0 Å². The fourth-order valence-corrected chi connectivity index (χ4v) is 4.30. The number of amides is 2. The lowest BCUT2D eigenvalue weighted by Gasteiger charge is -2.23. The Kier molecular flexibility index (Phi) is 5.34. The standard InChI is InChI=1S/C17H29N3O2/c21-16-12-14(13-20(16)15-6-1-2-7-15)17(22)18-8-5-11-19-9-3-4-10-19/h14-15H,1-13H2,(H,18,22)/p+1. The first-order valence-electron chi connectivity index (χ1n) is 9.15. The minimum absolute atomic E-state index is 0.0882. The Labute approximate surface area is 133 Å². The fourth-order valence-electron chi connectivity index (χ4n) is 4.30. The van der Waals surface area contributed by atoms with Crippen LogP contribution in [0.25, 0.3) is 0 Å². The summed E-state index contributed by atoms with van der Waals surface area (Å²) in [5.41, 5.74) is 0. The van der Waals surface area contributed by atoms with Crippen LogP contribution in [0.1, 0.15) is 51.4 Å². The van der Waals surface area contributed by atoms with E-state index in [0.717, 1.165) is 32.4 Å². The minimum atomic E-state index is -0.118. The highest BCUT2D eigenvalue weighted by Crippen LogP contribution is 2.29. The van der Waals surface area contributed by atoms with Gasteiger partial charge in [0.1, 0.15) is 0 Å². The summed E-state index contributed by atoms with van der Waals surface area (Å²) in [5.74, 6) is 0.158. The lowest BCUT2D eigenvalue weighted by atomic mass is 10.1. The summed E-state index contributed by atoms with van der Waals surface area (Å²) >= 11 is 0. The number of rotatable bonds is 6. The number of hydrogen-bond acceptors (Lipinski definition) is 2. The first-order valence-corrected chi connectivity index (χ1v) is 9.15. The van der Waals surface area contributed by atoms with Crippen molar-refractivity contribution in [2.24, 2.45) is 5.92 Å². The molecule has 2 heterocycles. The van der Waals surface area contributed by atoms with Crippen LogP contribution in [-0.2, 0) is 9.59 Å². The maximum atomic E-state index is 12.3. The molecule has 2 saturated heterocycles. The third kappa shape index (κ3) is 3.80. The Hall–Kier alpha value is -1.10. The number of quaternary nitrogens is 1. The molecule has 1 atom stereocenters. The van der Waals surface area contributed by atoms with E-state index in [1.54, 1.807) is 4.90 Å². The molecule has 0 spiro atoms. The molecule has 5 nitrogen and oxygen atoms in total. The molecule has 0 radical (unpaired) electrons. The first-order chi connectivity index (χ1) is 10.7. The van der Waals surface area contributed by atoms with Crippen molar-refractivity contribution in [1.82, 2.24) is 10.2 Å². The Morgan fingerprint density at radius 2 is 1.91 bits per heavy atom. The van der Waals surface area contributed by atoms with Gasteiger partial charge in [0.25, 0.3) is 0 Å². The van der Waals surface area contributed by atoms with Crippen LogP contribution in [0.4, 0.5) is 0 Å². The molecule has 1 aliphatic carbocycles. The maximum absolute atomic E-state index is 12.3. The van der Waals surface area contributed by atoms with Gasteiger partial charge in [-0.3, -0.25) is 9.59 Å². The molecule has 5 heteroatoms. The SMILES string of the molecule is O=C(NCCC[NH+]1CCCC1)C1CC(=O)N(C2CCCC2)C1. The van der Waals surface area contributed by atoms with E-state index >= 15 is 0 Å². The van der Waals surface area contributed by atoms with Crippen LogP contribution in [0.2, 0.25) is 0 Å². The molecule has 1 saturated carbocycles. The molecule has 3 rings (SSSR count). The van der Waals surface area contributed by atoms with Crippen molar-refractivity contribution >= 4 is 11.8 Å². The van der Waals surface area contributed by atoms with Crippen molar-refractivity contribution < 1.29 is 14.5 Å². The second-order valence-electron chi connectivity index (χ2n) is 7.24. The Morgan fingerprint density at radius 3 is 2.64 bits per heavy atom. The van der Waals surface area contributed by atoms with Crippen molar-refractivity contribution in [3.8, 4) is 0 Å². The first kappa shape index (κ1) is 15.8. The predicted molar refractivity (Wildman–Crippen MR) is 84.5 cm³/mol. The highest BCUT2D eigenvalue weighted by Gasteiger charge is 2.38. The number of carbonyl (C=O) groups is 2. The number of nitrogens with zero attached hydrogens (tertiary/aromatic N) is 1. The van der Waals surface area contributed by atoms with E-state index in [-0.39, 0.29) is 17.7 Å². The summed E-state index contributed by atoms with van der Waals surface area (Å²) in [5, 5.41) is 3.05. The Bertz CT molecular complexity index is 401. The van der Waals surface area contributed by atoms with Crippen LogP contribution in [0.15, 0.2) is 0 Å². The second kappa shape index (κ2) is 7.44. The molecule has 0 aromatic rings.